The van der Waals surface area contributed by atoms with Crippen LogP contribution >= 0.6 is 0 Å². The van der Waals surface area contributed by atoms with Crippen molar-refractivity contribution in [2.24, 2.45) is 0 Å². The summed E-state index contributed by atoms with van der Waals surface area (Å²) in [5.41, 5.74) is 0. The molecule has 2 rings (SSSR count). The number of hydrogen-bond donors (Lipinski definition) is 1. The van der Waals surface area contributed by atoms with E-state index in [0.29, 0.717) is 12.2 Å². The second kappa shape index (κ2) is 8.32. The molecule has 0 aromatic heterocycles. The Hall–Kier alpha value is -0.160. The normalized spacial score (nSPS) is 31.5. The van der Waals surface area contributed by atoms with Crippen LogP contribution in [0.1, 0.15) is 39.0 Å². The Kier molecular flexibility index (Phi) is 6.75. The van der Waals surface area contributed by atoms with Crippen molar-refractivity contribution in [3.63, 3.8) is 0 Å². The lowest BCUT2D eigenvalue weighted by Gasteiger charge is -2.29. The van der Waals surface area contributed by atoms with Crippen LogP contribution in [0.15, 0.2) is 0 Å². The van der Waals surface area contributed by atoms with Crippen LogP contribution in [0.4, 0.5) is 0 Å². The van der Waals surface area contributed by atoms with E-state index >= 15 is 0 Å². The SMILES string of the molecule is CCCNCC1CCC(CN2CCCC2CN(C)C)O1. The molecular weight excluding hydrogens is 250 g/mol. The van der Waals surface area contributed by atoms with Gasteiger partial charge in [0.1, 0.15) is 0 Å². The Morgan fingerprint density at radius 2 is 2.00 bits per heavy atom. The van der Waals surface area contributed by atoms with E-state index < -0.39 is 0 Å². The minimum Gasteiger partial charge on any atom is -0.372 e. The van der Waals surface area contributed by atoms with Crippen LogP contribution in [0.25, 0.3) is 0 Å². The second-order valence-electron chi connectivity index (χ2n) is 6.71. The zero-order valence-corrected chi connectivity index (χ0v) is 13.6. The van der Waals surface area contributed by atoms with E-state index in [-0.39, 0.29) is 0 Å². The number of rotatable bonds is 8. The average molecular weight is 283 g/mol. The average Bonchev–Trinajstić information content (AvgIpc) is 3.00. The Morgan fingerprint density at radius 1 is 1.20 bits per heavy atom. The first kappa shape index (κ1) is 16.2. The number of likely N-dealkylation sites (tertiary alicyclic amines) is 1. The van der Waals surface area contributed by atoms with Gasteiger partial charge < -0.3 is 15.0 Å². The van der Waals surface area contributed by atoms with Crippen LogP contribution in [0.2, 0.25) is 0 Å². The van der Waals surface area contributed by atoms with Gasteiger partial charge in [-0.1, -0.05) is 6.92 Å². The summed E-state index contributed by atoms with van der Waals surface area (Å²) in [5.74, 6) is 0. The molecule has 2 fully saturated rings. The van der Waals surface area contributed by atoms with Gasteiger partial charge in [0.05, 0.1) is 12.2 Å². The number of likely N-dealkylation sites (N-methyl/N-ethyl adjacent to an activating group) is 1. The van der Waals surface area contributed by atoms with Crippen molar-refractivity contribution in [2.45, 2.75) is 57.3 Å². The molecule has 2 heterocycles. The molecule has 3 unspecified atom stereocenters. The lowest BCUT2D eigenvalue weighted by Crippen LogP contribution is -2.41. The van der Waals surface area contributed by atoms with Crippen molar-refractivity contribution in [1.29, 1.82) is 0 Å². The molecule has 4 nitrogen and oxygen atoms in total. The summed E-state index contributed by atoms with van der Waals surface area (Å²) in [6, 6.07) is 0.742. The van der Waals surface area contributed by atoms with Crippen LogP contribution in [0, 0.1) is 0 Å². The first-order valence-electron chi connectivity index (χ1n) is 8.44. The van der Waals surface area contributed by atoms with Crippen LogP contribution in [-0.4, -0.2) is 74.9 Å². The van der Waals surface area contributed by atoms with Crippen molar-refractivity contribution in [2.75, 3.05) is 46.8 Å². The lowest BCUT2D eigenvalue weighted by molar-refractivity contribution is 0.0192. The summed E-state index contributed by atoms with van der Waals surface area (Å²) >= 11 is 0. The Bertz CT molecular complexity index is 272. The fourth-order valence-corrected chi connectivity index (χ4v) is 3.53. The molecule has 2 saturated heterocycles. The monoisotopic (exact) mass is 283 g/mol. The smallest absolute Gasteiger partial charge is 0.0707 e. The third-order valence-electron chi connectivity index (χ3n) is 4.51. The van der Waals surface area contributed by atoms with E-state index in [9.17, 15) is 0 Å². The van der Waals surface area contributed by atoms with Gasteiger partial charge in [-0.3, -0.25) is 4.90 Å². The Morgan fingerprint density at radius 3 is 2.75 bits per heavy atom. The topological polar surface area (TPSA) is 27.7 Å². The molecule has 2 aliphatic heterocycles. The standard InChI is InChI=1S/C16H33N3O/c1-4-9-17-11-15-7-8-16(20-15)13-19-10-5-6-14(19)12-18(2)3/h14-17H,4-13H2,1-3H3. The fraction of sp³-hybridized carbons (Fsp3) is 1.00. The van der Waals surface area contributed by atoms with E-state index in [2.05, 4.69) is 36.1 Å². The zero-order valence-electron chi connectivity index (χ0n) is 13.6. The molecule has 0 radical (unpaired) electrons. The van der Waals surface area contributed by atoms with E-state index in [1.807, 2.05) is 0 Å². The largest absolute Gasteiger partial charge is 0.372 e. The predicted molar refractivity (Wildman–Crippen MR) is 84.2 cm³/mol. The van der Waals surface area contributed by atoms with Crippen LogP contribution in [0.3, 0.4) is 0 Å². The maximum absolute atomic E-state index is 6.21. The highest BCUT2D eigenvalue weighted by Gasteiger charge is 2.31. The van der Waals surface area contributed by atoms with Gasteiger partial charge >= 0.3 is 0 Å². The van der Waals surface area contributed by atoms with Gasteiger partial charge in [0.25, 0.3) is 0 Å². The van der Waals surface area contributed by atoms with Crippen molar-refractivity contribution in [3.05, 3.63) is 0 Å². The molecule has 0 aliphatic carbocycles. The molecule has 20 heavy (non-hydrogen) atoms. The number of nitrogens with zero attached hydrogens (tertiary/aromatic N) is 2. The van der Waals surface area contributed by atoms with E-state index in [1.54, 1.807) is 0 Å². The molecule has 0 saturated carbocycles. The fourth-order valence-electron chi connectivity index (χ4n) is 3.53. The van der Waals surface area contributed by atoms with Gasteiger partial charge in [-0.25, -0.2) is 0 Å². The quantitative estimate of drug-likeness (QED) is 0.684. The molecule has 2 aliphatic rings. The lowest BCUT2D eigenvalue weighted by atomic mass is 10.1. The van der Waals surface area contributed by atoms with E-state index in [1.165, 1.54) is 45.2 Å². The van der Waals surface area contributed by atoms with Gasteiger partial charge in [0.2, 0.25) is 0 Å². The van der Waals surface area contributed by atoms with Crippen LogP contribution in [-0.2, 0) is 4.74 Å². The van der Waals surface area contributed by atoms with Gasteiger partial charge in [-0.15, -0.1) is 0 Å². The highest BCUT2D eigenvalue weighted by atomic mass is 16.5. The summed E-state index contributed by atoms with van der Waals surface area (Å²) < 4.78 is 6.21. The maximum Gasteiger partial charge on any atom is 0.0707 e. The number of hydrogen-bond acceptors (Lipinski definition) is 4. The molecule has 0 spiro atoms. The van der Waals surface area contributed by atoms with Crippen LogP contribution < -0.4 is 5.32 Å². The zero-order chi connectivity index (χ0) is 14.4. The third kappa shape index (κ3) is 4.99. The second-order valence-corrected chi connectivity index (χ2v) is 6.71. The minimum absolute atomic E-state index is 0.446. The third-order valence-corrected chi connectivity index (χ3v) is 4.51. The summed E-state index contributed by atoms with van der Waals surface area (Å²) in [7, 11) is 4.36. The Labute approximate surface area is 124 Å². The summed E-state index contributed by atoms with van der Waals surface area (Å²) in [5, 5.41) is 3.48. The van der Waals surface area contributed by atoms with Crippen molar-refractivity contribution in [1.82, 2.24) is 15.1 Å². The van der Waals surface area contributed by atoms with Crippen LogP contribution in [0.5, 0.6) is 0 Å². The molecule has 4 heteroatoms. The van der Waals surface area contributed by atoms with E-state index in [4.69, 9.17) is 4.74 Å². The van der Waals surface area contributed by atoms with Gasteiger partial charge in [-0.05, 0) is 59.3 Å². The molecule has 0 aromatic rings. The molecule has 0 bridgehead atoms. The number of ether oxygens (including phenoxy) is 1. The first-order chi connectivity index (χ1) is 9.69. The van der Waals surface area contributed by atoms with Crippen molar-refractivity contribution < 1.29 is 4.74 Å². The van der Waals surface area contributed by atoms with Gasteiger partial charge in [0.15, 0.2) is 0 Å². The Balaban J connectivity index is 1.68. The molecule has 0 amide bonds. The number of nitrogens with one attached hydrogen (secondary N) is 1. The van der Waals surface area contributed by atoms with Crippen molar-refractivity contribution >= 4 is 0 Å². The highest BCUT2D eigenvalue weighted by Crippen LogP contribution is 2.24. The predicted octanol–water partition coefficient (Wildman–Crippen LogP) is 1.56. The maximum atomic E-state index is 6.21. The van der Waals surface area contributed by atoms with Crippen molar-refractivity contribution in [3.8, 4) is 0 Å². The van der Waals surface area contributed by atoms with Gasteiger partial charge in [0, 0.05) is 25.7 Å². The minimum atomic E-state index is 0.446. The summed E-state index contributed by atoms with van der Waals surface area (Å²) in [4.78, 5) is 4.97. The van der Waals surface area contributed by atoms with Gasteiger partial charge in [-0.2, -0.15) is 0 Å². The molecule has 0 aromatic carbocycles. The molecule has 118 valence electrons. The summed E-state index contributed by atoms with van der Waals surface area (Å²) in [6.45, 7) is 7.95. The summed E-state index contributed by atoms with van der Waals surface area (Å²) in [6.07, 6.45) is 7.29. The van der Waals surface area contributed by atoms with E-state index in [0.717, 1.165) is 25.7 Å². The molecular formula is C16H33N3O. The highest BCUT2D eigenvalue weighted by molar-refractivity contribution is 4.85. The first-order valence-corrected chi connectivity index (χ1v) is 8.44. The molecule has 1 N–H and O–H groups in total. The molecule has 3 atom stereocenters.